The number of amides is 3. The molecule has 7 aromatic rings. The molecule has 3 amide bonds. The molecule has 4 aromatic heterocycles. The summed E-state index contributed by atoms with van der Waals surface area (Å²) >= 11 is 1.60. The lowest BCUT2D eigenvalue weighted by atomic mass is 9.91. The summed E-state index contributed by atoms with van der Waals surface area (Å²) in [4.78, 5) is 71.8. The molecule has 3 aromatic carbocycles. The number of likely N-dealkylation sites (tertiary alicyclic amines) is 1. The second-order valence-corrected chi connectivity index (χ2v) is 25.2. The largest absolute Gasteiger partial charge is 0.508 e. The second kappa shape index (κ2) is 23.4. The monoisotopic (exact) mass is 1190 g/mol. The fourth-order valence-corrected chi connectivity index (χ4v) is 15.1. The number of carbonyl (C=O) groups is 3. The molecule has 19 nitrogen and oxygen atoms in total. The summed E-state index contributed by atoms with van der Waals surface area (Å²) in [5, 5.41) is 23.1. The fourth-order valence-electron chi connectivity index (χ4n) is 14.3. The molecule has 13 rings (SSSR count). The number of halogens is 2. The molecule has 7 unspecified atom stereocenters. The lowest BCUT2D eigenvalue weighted by Gasteiger charge is -2.36. The van der Waals surface area contributed by atoms with Crippen LogP contribution in [-0.4, -0.2) is 158 Å². The summed E-state index contributed by atoms with van der Waals surface area (Å²) in [6, 6.07) is 15.1. The van der Waals surface area contributed by atoms with E-state index in [2.05, 4.69) is 53.6 Å². The zero-order chi connectivity index (χ0) is 59.5. The molecule has 6 saturated heterocycles. The average Bonchev–Trinajstić information content (AvgIpc) is 2.87. The lowest BCUT2D eigenvalue weighted by Crippen LogP contribution is -2.51. The van der Waals surface area contributed by atoms with Crippen molar-refractivity contribution in [3.63, 3.8) is 0 Å². The summed E-state index contributed by atoms with van der Waals surface area (Å²) in [5.74, 6) is 1.21. The molecule has 448 valence electrons. The highest BCUT2D eigenvalue weighted by Crippen LogP contribution is 2.44. The lowest BCUT2D eigenvalue weighted by molar-refractivity contribution is -0.141. The Morgan fingerprint density at radius 2 is 1.72 bits per heavy atom. The molecule has 0 radical (unpaired) electrons. The zero-order valence-electron chi connectivity index (χ0n) is 48.7. The number of rotatable bonds is 15. The van der Waals surface area contributed by atoms with E-state index in [1.54, 1.807) is 21.1 Å². The van der Waals surface area contributed by atoms with Gasteiger partial charge in [-0.3, -0.25) is 19.5 Å². The molecule has 0 spiro atoms. The number of piperazine rings is 2. The van der Waals surface area contributed by atoms with Crippen molar-refractivity contribution in [1.29, 1.82) is 0 Å². The van der Waals surface area contributed by atoms with Gasteiger partial charge in [-0.1, -0.05) is 55.3 Å². The number of thiazole rings is 1. The first-order valence-corrected chi connectivity index (χ1v) is 30.9. The number of carbonyl (C=O) groups excluding carboxylic acids is 3. The molecule has 22 heteroatoms. The van der Waals surface area contributed by atoms with E-state index in [4.69, 9.17) is 30.4 Å². The van der Waals surface area contributed by atoms with E-state index >= 15 is 8.78 Å². The Morgan fingerprint density at radius 3 is 2.47 bits per heavy atom. The second-order valence-electron chi connectivity index (χ2n) is 24.4. The summed E-state index contributed by atoms with van der Waals surface area (Å²) in [6.07, 6.45) is 13.6. The van der Waals surface area contributed by atoms with Crippen molar-refractivity contribution in [3.05, 3.63) is 101 Å². The van der Waals surface area contributed by atoms with Crippen molar-refractivity contribution in [2.75, 3.05) is 75.4 Å². The third kappa shape index (κ3) is 10.7. The Hall–Kier alpha value is -8.00. The number of fused-ring (bicyclic) bond motifs is 5. The molecule has 6 fully saturated rings. The van der Waals surface area contributed by atoms with E-state index in [-0.39, 0.29) is 100 Å². The number of aryl methyl sites for hydroxylation is 1. The van der Waals surface area contributed by atoms with Gasteiger partial charge in [0.2, 0.25) is 11.8 Å². The van der Waals surface area contributed by atoms with E-state index in [0.29, 0.717) is 86.8 Å². The van der Waals surface area contributed by atoms with E-state index in [9.17, 15) is 19.5 Å². The van der Waals surface area contributed by atoms with Crippen LogP contribution in [0.25, 0.3) is 43.4 Å². The van der Waals surface area contributed by atoms with Gasteiger partial charge < -0.3 is 49.3 Å². The van der Waals surface area contributed by atoms with Crippen LogP contribution in [0.15, 0.2) is 70.8 Å². The zero-order valence-corrected chi connectivity index (χ0v) is 49.5. The summed E-state index contributed by atoms with van der Waals surface area (Å²) in [5.41, 5.74) is 4.38. The third-order valence-electron chi connectivity index (χ3n) is 18.7. The Balaban J connectivity index is 0.634. The summed E-state index contributed by atoms with van der Waals surface area (Å²) in [7, 11) is 0. The topological polar surface area (TPSA) is 208 Å². The Morgan fingerprint density at radius 1 is 0.930 bits per heavy atom. The fraction of sp³-hybridized carbons (Fsp3) is 0.469. The van der Waals surface area contributed by atoms with Gasteiger partial charge in [0.15, 0.2) is 17.4 Å². The minimum atomic E-state index is -0.781. The molecular formula is C64H70F2N12O7S. The number of anilines is 2. The molecule has 7 atom stereocenters. The van der Waals surface area contributed by atoms with Crippen LogP contribution in [0.3, 0.4) is 0 Å². The van der Waals surface area contributed by atoms with Gasteiger partial charge in [-0.05, 0) is 112 Å². The number of aromatic hydroxyl groups is 1. The maximum atomic E-state index is 17.3. The Kier molecular flexibility index (Phi) is 15.5. The van der Waals surface area contributed by atoms with Gasteiger partial charge >= 0.3 is 12.1 Å². The number of phenols is 1. The van der Waals surface area contributed by atoms with E-state index in [0.717, 1.165) is 66.8 Å². The highest BCUT2D eigenvalue weighted by atomic mass is 32.1. The molecule has 0 aliphatic carbocycles. The Bertz CT molecular complexity index is 3780. The first kappa shape index (κ1) is 57.1. The van der Waals surface area contributed by atoms with Crippen molar-refractivity contribution in [2.24, 2.45) is 5.92 Å². The number of nitrogens with zero attached hydrogens (tertiary/aromatic N) is 10. The maximum absolute atomic E-state index is 17.3. The van der Waals surface area contributed by atoms with E-state index in [1.165, 1.54) is 30.5 Å². The highest BCUT2D eigenvalue weighted by molar-refractivity contribution is 7.13. The van der Waals surface area contributed by atoms with Gasteiger partial charge in [0.1, 0.15) is 53.8 Å². The Labute approximate surface area is 501 Å². The number of hydrogen-bond acceptors (Lipinski definition) is 17. The first-order chi connectivity index (χ1) is 41.6. The quantitative estimate of drug-likeness (QED) is 0.0818. The van der Waals surface area contributed by atoms with Gasteiger partial charge in [-0.15, -0.1) is 17.8 Å². The van der Waals surface area contributed by atoms with Crippen LogP contribution < -0.4 is 25.2 Å². The third-order valence-corrected chi connectivity index (χ3v) is 19.7. The molecule has 2 bridgehead atoms. The number of terminal acetylenes is 1. The molecule has 0 saturated carbocycles. The highest BCUT2D eigenvalue weighted by Gasteiger charge is 2.51. The molecule has 6 aliphatic heterocycles. The average molecular weight is 1190 g/mol. The molecule has 86 heavy (non-hydrogen) atoms. The van der Waals surface area contributed by atoms with Crippen LogP contribution in [0, 0.1) is 36.8 Å². The van der Waals surface area contributed by atoms with Gasteiger partial charge in [0.25, 0.3) is 0 Å². The van der Waals surface area contributed by atoms with Crippen molar-refractivity contribution in [3.8, 4) is 45.8 Å². The normalized spacial score (nSPS) is 22.9. The van der Waals surface area contributed by atoms with Crippen LogP contribution in [0.4, 0.5) is 25.2 Å². The van der Waals surface area contributed by atoms with Crippen LogP contribution in [0.5, 0.6) is 11.8 Å². The van der Waals surface area contributed by atoms with Gasteiger partial charge in [-0.2, -0.15) is 9.97 Å². The predicted octanol–water partition coefficient (Wildman–Crippen LogP) is 9.11. The SMILES string of the molecule is C#Cc1c(F)ccc2cc(O)cc(-c3ncc4c(N5CC6CCC(C5)N6)nc(OCC56CCCN5C(COC(=O)N5CCN(c7cc(C(C(=O)N8CCCC8C(=O)NC(C)c8ccc(-c9scnc9C)cc8)C(C)C)on7)CC5)CC6)nc4c3F)c12. The van der Waals surface area contributed by atoms with E-state index < -0.39 is 29.7 Å². The summed E-state index contributed by atoms with van der Waals surface area (Å²) in [6.45, 7) is 12.7. The molecule has 6 aliphatic rings. The first-order valence-electron chi connectivity index (χ1n) is 30.1. The number of phenolic OH excluding ortho intramolecular Hbond substituents is 1. The number of benzene rings is 3. The van der Waals surface area contributed by atoms with Crippen LogP contribution in [-0.2, 0) is 14.3 Å². The predicted molar refractivity (Wildman–Crippen MR) is 322 cm³/mol. The van der Waals surface area contributed by atoms with Crippen molar-refractivity contribution < 1.29 is 42.3 Å². The van der Waals surface area contributed by atoms with E-state index in [1.807, 2.05) is 56.3 Å². The van der Waals surface area contributed by atoms with Crippen molar-refractivity contribution in [1.82, 2.24) is 50.4 Å². The molecule has 3 N–H and O–H groups in total. The summed E-state index contributed by atoms with van der Waals surface area (Å²) < 4.78 is 51.1. The molecule has 10 heterocycles. The molecular weight excluding hydrogens is 1120 g/mol. The maximum Gasteiger partial charge on any atom is 0.409 e. The van der Waals surface area contributed by atoms with Gasteiger partial charge in [0.05, 0.1) is 38.6 Å². The van der Waals surface area contributed by atoms with Crippen LogP contribution >= 0.6 is 11.3 Å². The van der Waals surface area contributed by atoms with Gasteiger partial charge in [-0.25, -0.2) is 18.6 Å². The smallest absolute Gasteiger partial charge is 0.409 e. The number of nitrogens with one attached hydrogen (secondary N) is 2. The number of pyridine rings is 1. The minimum Gasteiger partial charge on any atom is -0.508 e. The number of hydrogen-bond donors (Lipinski definition) is 3. The van der Waals surface area contributed by atoms with Crippen molar-refractivity contribution in [2.45, 2.75) is 121 Å². The number of ether oxygens (including phenoxy) is 2. The van der Waals surface area contributed by atoms with Gasteiger partial charge in [0, 0.05) is 87.2 Å². The minimum absolute atomic E-state index is 0.0138. The standard InChI is InChI=1S/C64H70F2N12O7S/c1-6-46-49(65)17-14-41-27-45(79)28-47(54(41)46)56-55(66)57-48(30-67-56)59(76-31-42-15-16-43(32-76)70-42)72-62(71-57)84-34-64-19-8-22-78(64)44(18-20-64)33-83-63(82)75-25-23-74(24-26-75)52-29-51(85-73-52)53(36(2)3)61(81)77-21-7-9-50(77)60(80)69-37(4)39-10-12-40(13-11-39)58-38(5)68-35-86-58/h1,10-14,17,27-30,35-37,42-44,50,53,70,79H,7-9,15-16,18-26,31-34H2,2-5H3,(H,69,80). The van der Waals surface area contributed by atoms with Crippen molar-refractivity contribution >= 4 is 62.6 Å². The van der Waals surface area contributed by atoms with Crippen LogP contribution in [0.1, 0.15) is 107 Å². The van der Waals surface area contributed by atoms with Crippen LogP contribution in [0.2, 0.25) is 0 Å². The number of aromatic nitrogens is 5.